The number of rotatable bonds is 2. The van der Waals surface area contributed by atoms with E-state index in [4.69, 9.17) is 4.74 Å². The first kappa shape index (κ1) is 14.5. The minimum Gasteiger partial charge on any atom is -0.465 e. The van der Waals surface area contributed by atoms with Crippen LogP contribution < -0.4 is 0 Å². The highest BCUT2D eigenvalue weighted by atomic mass is 16.5. The topological polar surface area (TPSA) is 29.5 Å². The normalized spacial score (nSPS) is 22.8. The minimum atomic E-state index is -0.387. The van der Waals surface area contributed by atoms with Gasteiger partial charge in [-0.15, -0.1) is 0 Å². The van der Waals surface area contributed by atoms with Gasteiger partial charge in [-0.05, 0) is 54.5 Å². The number of nitrogens with zero attached hydrogens (tertiary/aromatic N) is 1. The molecule has 1 saturated heterocycles. The monoisotopic (exact) mass is 241 g/mol. The maximum atomic E-state index is 11.7. The summed E-state index contributed by atoms with van der Waals surface area (Å²) in [5, 5.41) is 0. The zero-order chi connectivity index (χ0) is 13.3. The molecule has 0 N–H and O–H groups in total. The predicted molar refractivity (Wildman–Crippen MR) is 69.8 cm³/mol. The molecule has 0 aromatic carbocycles. The van der Waals surface area contributed by atoms with Crippen molar-refractivity contribution in [2.24, 2.45) is 11.3 Å². The third kappa shape index (κ3) is 4.30. The van der Waals surface area contributed by atoms with Crippen LogP contribution in [-0.2, 0) is 9.53 Å². The summed E-state index contributed by atoms with van der Waals surface area (Å²) in [6, 6.07) is 0. The summed E-state index contributed by atoms with van der Waals surface area (Å²) in [5.74, 6) is 0.409. The lowest BCUT2D eigenvalue weighted by molar-refractivity contribution is -0.154. The molecule has 1 heterocycles. The van der Waals surface area contributed by atoms with Gasteiger partial charge in [0.05, 0.1) is 12.0 Å². The van der Waals surface area contributed by atoms with Crippen molar-refractivity contribution in [3.8, 4) is 0 Å². The number of carbonyl (C=O) groups excluding carboxylic acids is 1. The lowest BCUT2D eigenvalue weighted by Crippen LogP contribution is -2.39. The van der Waals surface area contributed by atoms with Crippen LogP contribution in [0.1, 0.15) is 48.0 Å². The third-order valence-electron chi connectivity index (χ3n) is 3.30. The summed E-state index contributed by atoms with van der Waals surface area (Å²) in [5.41, 5.74) is -0.162. The van der Waals surface area contributed by atoms with Gasteiger partial charge in [0.1, 0.15) is 0 Å². The van der Waals surface area contributed by atoms with Gasteiger partial charge in [0.25, 0.3) is 0 Å². The number of likely N-dealkylation sites (tertiary alicyclic amines) is 1. The molecule has 0 spiro atoms. The predicted octanol–water partition coefficient (Wildman–Crippen LogP) is 2.70. The molecule has 17 heavy (non-hydrogen) atoms. The SMILES string of the molecule is CC(C)(C)C(=O)OCC1CCN(C(C)(C)C)C1. The number of esters is 1. The standard InChI is InChI=1S/C14H27NO2/c1-13(2,3)12(16)17-10-11-7-8-15(9-11)14(4,5)6/h11H,7-10H2,1-6H3. The van der Waals surface area contributed by atoms with E-state index in [2.05, 4.69) is 25.7 Å². The van der Waals surface area contributed by atoms with E-state index >= 15 is 0 Å². The van der Waals surface area contributed by atoms with Crippen molar-refractivity contribution in [3.05, 3.63) is 0 Å². The Balaban J connectivity index is 2.35. The molecule has 1 fully saturated rings. The van der Waals surface area contributed by atoms with Gasteiger partial charge in [-0.25, -0.2) is 0 Å². The molecular formula is C14H27NO2. The number of ether oxygens (including phenoxy) is 1. The van der Waals surface area contributed by atoms with Crippen molar-refractivity contribution in [1.82, 2.24) is 4.90 Å². The lowest BCUT2D eigenvalue weighted by Gasteiger charge is -2.31. The molecule has 3 heteroatoms. The largest absolute Gasteiger partial charge is 0.465 e. The van der Waals surface area contributed by atoms with Gasteiger partial charge < -0.3 is 4.74 Å². The van der Waals surface area contributed by atoms with E-state index in [-0.39, 0.29) is 16.9 Å². The summed E-state index contributed by atoms with van der Waals surface area (Å²) >= 11 is 0. The first-order valence-electron chi connectivity index (χ1n) is 6.53. The highest BCUT2D eigenvalue weighted by Crippen LogP contribution is 2.25. The third-order valence-corrected chi connectivity index (χ3v) is 3.30. The van der Waals surface area contributed by atoms with Gasteiger partial charge in [0, 0.05) is 18.0 Å². The average Bonchev–Trinajstić information content (AvgIpc) is 2.59. The molecule has 1 aliphatic heterocycles. The van der Waals surface area contributed by atoms with Crippen LogP contribution in [-0.4, -0.2) is 36.1 Å². The molecule has 1 unspecified atom stereocenters. The van der Waals surface area contributed by atoms with Crippen molar-refractivity contribution in [1.29, 1.82) is 0 Å². The van der Waals surface area contributed by atoms with Gasteiger partial charge in [0.2, 0.25) is 0 Å². The zero-order valence-electron chi connectivity index (χ0n) is 12.2. The minimum absolute atomic E-state index is 0.0910. The van der Waals surface area contributed by atoms with E-state index in [0.29, 0.717) is 12.5 Å². The van der Waals surface area contributed by atoms with Crippen molar-refractivity contribution >= 4 is 5.97 Å². The van der Waals surface area contributed by atoms with Crippen molar-refractivity contribution in [2.75, 3.05) is 19.7 Å². The molecule has 0 aromatic rings. The Bertz CT molecular complexity index is 273. The Morgan fingerprint density at radius 3 is 2.24 bits per heavy atom. The molecule has 0 aliphatic carbocycles. The van der Waals surface area contributed by atoms with Gasteiger partial charge in [-0.3, -0.25) is 9.69 Å². The van der Waals surface area contributed by atoms with E-state index in [9.17, 15) is 4.79 Å². The maximum absolute atomic E-state index is 11.7. The molecule has 100 valence electrons. The average molecular weight is 241 g/mol. The Labute approximate surface area is 106 Å². The van der Waals surface area contributed by atoms with Crippen LogP contribution in [0.4, 0.5) is 0 Å². The number of hydrogen-bond donors (Lipinski definition) is 0. The molecule has 1 atom stereocenters. The zero-order valence-corrected chi connectivity index (χ0v) is 12.2. The highest BCUT2D eigenvalue weighted by Gasteiger charge is 2.31. The first-order chi connectivity index (χ1) is 7.60. The van der Waals surface area contributed by atoms with E-state index < -0.39 is 0 Å². The Morgan fingerprint density at radius 1 is 1.24 bits per heavy atom. The van der Waals surface area contributed by atoms with E-state index in [1.165, 1.54) is 0 Å². The second-order valence-electron chi connectivity index (χ2n) is 7.12. The van der Waals surface area contributed by atoms with Crippen LogP contribution in [0.5, 0.6) is 0 Å². The molecule has 0 saturated carbocycles. The van der Waals surface area contributed by atoms with Crippen molar-refractivity contribution < 1.29 is 9.53 Å². The van der Waals surface area contributed by atoms with E-state index in [0.717, 1.165) is 19.5 Å². The van der Waals surface area contributed by atoms with Gasteiger partial charge in [-0.2, -0.15) is 0 Å². The molecule has 0 bridgehead atoms. The molecule has 1 aliphatic rings. The lowest BCUT2D eigenvalue weighted by atomic mass is 9.97. The van der Waals surface area contributed by atoms with Gasteiger partial charge in [-0.1, -0.05) is 0 Å². The van der Waals surface area contributed by atoms with Crippen LogP contribution in [0.2, 0.25) is 0 Å². The summed E-state index contributed by atoms with van der Waals surface area (Å²) in [7, 11) is 0. The highest BCUT2D eigenvalue weighted by molar-refractivity contribution is 5.75. The Morgan fingerprint density at radius 2 is 1.82 bits per heavy atom. The second kappa shape index (κ2) is 4.97. The fraction of sp³-hybridized carbons (Fsp3) is 0.929. The molecule has 1 rings (SSSR count). The van der Waals surface area contributed by atoms with Crippen molar-refractivity contribution in [3.63, 3.8) is 0 Å². The summed E-state index contributed by atoms with van der Waals surface area (Å²) in [4.78, 5) is 14.1. The Kier molecular flexibility index (Phi) is 4.23. The van der Waals surface area contributed by atoms with Gasteiger partial charge in [0.15, 0.2) is 0 Å². The van der Waals surface area contributed by atoms with Crippen LogP contribution in [0.25, 0.3) is 0 Å². The summed E-state index contributed by atoms with van der Waals surface area (Å²) in [6.45, 7) is 15.1. The molecule has 0 amide bonds. The summed E-state index contributed by atoms with van der Waals surface area (Å²) in [6.07, 6.45) is 1.13. The summed E-state index contributed by atoms with van der Waals surface area (Å²) < 4.78 is 5.39. The fourth-order valence-corrected chi connectivity index (χ4v) is 1.99. The molecule has 0 radical (unpaired) electrons. The smallest absolute Gasteiger partial charge is 0.311 e. The van der Waals surface area contributed by atoms with Crippen LogP contribution in [0.15, 0.2) is 0 Å². The van der Waals surface area contributed by atoms with Gasteiger partial charge >= 0.3 is 5.97 Å². The van der Waals surface area contributed by atoms with Crippen LogP contribution >= 0.6 is 0 Å². The number of hydrogen-bond acceptors (Lipinski definition) is 3. The van der Waals surface area contributed by atoms with E-state index in [1.54, 1.807) is 0 Å². The van der Waals surface area contributed by atoms with E-state index in [1.807, 2.05) is 20.8 Å². The fourth-order valence-electron chi connectivity index (χ4n) is 1.99. The Hall–Kier alpha value is -0.570. The molecule has 0 aromatic heterocycles. The maximum Gasteiger partial charge on any atom is 0.311 e. The molecule has 3 nitrogen and oxygen atoms in total. The van der Waals surface area contributed by atoms with Crippen LogP contribution in [0, 0.1) is 11.3 Å². The quantitative estimate of drug-likeness (QED) is 0.696. The number of carbonyl (C=O) groups is 1. The van der Waals surface area contributed by atoms with Crippen LogP contribution in [0.3, 0.4) is 0 Å². The first-order valence-corrected chi connectivity index (χ1v) is 6.53. The second-order valence-corrected chi connectivity index (χ2v) is 7.12. The molecular weight excluding hydrogens is 214 g/mol. The van der Waals surface area contributed by atoms with Crippen molar-refractivity contribution in [2.45, 2.75) is 53.5 Å².